The molecule has 0 saturated heterocycles. The third-order valence-electron chi connectivity index (χ3n) is 1.00. The number of hydrogen-bond donors (Lipinski definition) is 3. The first-order valence-electron chi connectivity index (χ1n) is 4.40. The van der Waals surface area contributed by atoms with Gasteiger partial charge in [-0.05, 0) is 6.92 Å². The normalized spacial score (nSPS) is 10.9. The van der Waals surface area contributed by atoms with E-state index in [0.717, 1.165) is 6.08 Å². The number of aliphatic carboxylic acids is 2. The standard InChI is InChI=1S/C6H10O3.C4H4O4/c1-3-6(8)9-4-5(2)7;5-3(6)1-2-4(7)8/h3,5,7H,1,4H2,2H3;1-2H,(H,5,6)(H,7,8)/b;2-1-. The second kappa shape index (κ2) is 10.4. The molecule has 7 heteroatoms. The van der Waals surface area contributed by atoms with E-state index in [1.807, 2.05) is 0 Å². The van der Waals surface area contributed by atoms with Crippen molar-refractivity contribution in [1.29, 1.82) is 0 Å². The molecule has 7 nitrogen and oxygen atoms in total. The molecule has 0 amide bonds. The van der Waals surface area contributed by atoms with Crippen LogP contribution >= 0.6 is 0 Å². The SMILES string of the molecule is C=CC(=O)OCC(C)O.O=C(O)/C=C\C(=O)O. The van der Waals surface area contributed by atoms with Gasteiger partial charge in [0.2, 0.25) is 0 Å². The lowest BCUT2D eigenvalue weighted by molar-refractivity contribution is -0.140. The topological polar surface area (TPSA) is 121 Å². The largest absolute Gasteiger partial charge is 0.478 e. The van der Waals surface area contributed by atoms with E-state index < -0.39 is 24.0 Å². The number of carbonyl (C=O) groups excluding carboxylic acids is 1. The van der Waals surface area contributed by atoms with Crippen molar-refractivity contribution in [2.24, 2.45) is 0 Å². The first-order chi connectivity index (χ1) is 7.79. The number of aliphatic hydroxyl groups excluding tert-OH is 1. The van der Waals surface area contributed by atoms with Crippen LogP contribution in [0.1, 0.15) is 6.92 Å². The summed E-state index contributed by atoms with van der Waals surface area (Å²) >= 11 is 0. The molecule has 0 aromatic heterocycles. The quantitative estimate of drug-likeness (QED) is 0.454. The maximum absolute atomic E-state index is 10.3. The summed E-state index contributed by atoms with van der Waals surface area (Å²) in [5.74, 6) is -3.02. The van der Waals surface area contributed by atoms with Crippen molar-refractivity contribution in [3.05, 3.63) is 24.8 Å². The van der Waals surface area contributed by atoms with Gasteiger partial charge in [-0.1, -0.05) is 6.58 Å². The van der Waals surface area contributed by atoms with Gasteiger partial charge >= 0.3 is 17.9 Å². The second-order valence-corrected chi connectivity index (χ2v) is 2.69. The van der Waals surface area contributed by atoms with E-state index in [1.165, 1.54) is 6.92 Å². The van der Waals surface area contributed by atoms with Crippen LogP contribution in [0.25, 0.3) is 0 Å². The van der Waals surface area contributed by atoms with Crippen LogP contribution in [0.3, 0.4) is 0 Å². The summed E-state index contributed by atoms with van der Waals surface area (Å²) in [5.41, 5.74) is 0. The van der Waals surface area contributed by atoms with Gasteiger partial charge in [0.25, 0.3) is 0 Å². The molecule has 0 spiro atoms. The molecule has 1 atom stereocenters. The Morgan fingerprint density at radius 3 is 1.88 bits per heavy atom. The maximum Gasteiger partial charge on any atom is 0.330 e. The zero-order chi connectivity index (χ0) is 13.8. The molecular formula is C10H14O7. The predicted octanol–water partition coefficient (Wildman–Crippen LogP) is -0.192. The molecule has 0 saturated carbocycles. The molecule has 3 N–H and O–H groups in total. The fourth-order valence-corrected chi connectivity index (χ4v) is 0.404. The average Bonchev–Trinajstić information content (AvgIpc) is 2.23. The summed E-state index contributed by atoms with van der Waals surface area (Å²) in [6.07, 6.45) is 1.57. The molecule has 0 radical (unpaired) electrons. The van der Waals surface area contributed by atoms with Crippen molar-refractivity contribution < 1.29 is 34.4 Å². The van der Waals surface area contributed by atoms with Crippen molar-refractivity contribution in [2.45, 2.75) is 13.0 Å². The van der Waals surface area contributed by atoms with Crippen molar-refractivity contribution in [1.82, 2.24) is 0 Å². The molecule has 96 valence electrons. The second-order valence-electron chi connectivity index (χ2n) is 2.69. The van der Waals surface area contributed by atoms with Crippen molar-refractivity contribution in [3.63, 3.8) is 0 Å². The molecule has 0 fully saturated rings. The minimum atomic E-state index is -1.26. The number of carboxylic acid groups (broad SMARTS) is 2. The van der Waals surface area contributed by atoms with Crippen molar-refractivity contribution >= 4 is 17.9 Å². The van der Waals surface area contributed by atoms with Gasteiger partial charge in [-0.2, -0.15) is 0 Å². The van der Waals surface area contributed by atoms with E-state index in [-0.39, 0.29) is 6.61 Å². The zero-order valence-electron chi connectivity index (χ0n) is 9.20. The first-order valence-corrected chi connectivity index (χ1v) is 4.40. The number of carboxylic acids is 2. The third kappa shape index (κ3) is 20.0. The molecule has 0 bridgehead atoms. The Morgan fingerprint density at radius 1 is 1.24 bits per heavy atom. The Bertz CT molecular complexity index is 288. The van der Waals surface area contributed by atoms with Crippen LogP contribution in [0.5, 0.6) is 0 Å². The molecule has 0 aliphatic heterocycles. The Kier molecular flexibility index (Phi) is 10.5. The molecule has 0 aromatic rings. The number of rotatable bonds is 5. The first kappa shape index (κ1) is 17.3. The van der Waals surface area contributed by atoms with Gasteiger partial charge in [0.15, 0.2) is 0 Å². The Hall–Kier alpha value is -2.15. The number of esters is 1. The summed E-state index contributed by atoms with van der Waals surface area (Å²) in [7, 11) is 0. The van der Waals surface area contributed by atoms with Gasteiger partial charge in [0, 0.05) is 18.2 Å². The number of aliphatic hydroxyl groups is 1. The number of carbonyl (C=O) groups is 3. The Morgan fingerprint density at radius 2 is 1.65 bits per heavy atom. The average molecular weight is 246 g/mol. The summed E-state index contributed by atoms with van der Waals surface area (Å²) in [6.45, 7) is 4.75. The summed E-state index contributed by atoms with van der Waals surface area (Å²) in [4.78, 5) is 29.4. The molecule has 0 aliphatic carbocycles. The zero-order valence-corrected chi connectivity index (χ0v) is 9.20. The highest BCUT2D eigenvalue weighted by Gasteiger charge is 1.98. The van der Waals surface area contributed by atoms with E-state index in [4.69, 9.17) is 15.3 Å². The molecule has 17 heavy (non-hydrogen) atoms. The lowest BCUT2D eigenvalue weighted by Gasteiger charge is -2.02. The maximum atomic E-state index is 10.3. The van der Waals surface area contributed by atoms with E-state index in [9.17, 15) is 14.4 Å². The van der Waals surface area contributed by atoms with E-state index in [0.29, 0.717) is 12.2 Å². The fraction of sp³-hybridized carbons (Fsp3) is 0.300. The molecule has 0 rings (SSSR count). The molecule has 0 aromatic carbocycles. The van der Waals surface area contributed by atoms with Crippen LogP contribution in [0.4, 0.5) is 0 Å². The van der Waals surface area contributed by atoms with Crippen molar-refractivity contribution in [2.75, 3.05) is 6.61 Å². The minimum Gasteiger partial charge on any atom is -0.478 e. The van der Waals surface area contributed by atoms with Gasteiger partial charge in [-0.15, -0.1) is 0 Å². The predicted molar refractivity (Wildman–Crippen MR) is 57.2 cm³/mol. The van der Waals surface area contributed by atoms with Gasteiger partial charge in [0.1, 0.15) is 6.61 Å². The third-order valence-corrected chi connectivity index (χ3v) is 1.00. The Balaban J connectivity index is 0. The van der Waals surface area contributed by atoms with Gasteiger partial charge in [0.05, 0.1) is 6.10 Å². The van der Waals surface area contributed by atoms with E-state index in [1.54, 1.807) is 0 Å². The van der Waals surface area contributed by atoms with Crippen LogP contribution in [0.2, 0.25) is 0 Å². The van der Waals surface area contributed by atoms with Gasteiger partial charge in [-0.3, -0.25) is 0 Å². The van der Waals surface area contributed by atoms with Crippen LogP contribution in [0.15, 0.2) is 24.8 Å². The Labute approximate surface area is 97.6 Å². The summed E-state index contributed by atoms with van der Waals surface area (Å²) in [5, 5.41) is 24.2. The molecule has 1 unspecified atom stereocenters. The van der Waals surface area contributed by atoms with Crippen LogP contribution in [-0.2, 0) is 19.1 Å². The van der Waals surface area contributed by atoms with Crippen LogP contribution in [-0.4, -0.2) is 45.9 Å². The minimum absolute atomic E-state index is 0.0326. The fourth-order valence-electron chi connectivity index (χ4n) is 0.404. The molecule has 0 aliphatic rings. The highest BCUT2D eigenvalue weighted by Crippen LogP contribution is 1.83. The van der Waals surface area contributed by atoms with E-state index >= 15 is 0 Å². The lowest BCUT2D eigenvalue weighted by atomic mass is 10.4. The lowest BCUT2D eigenvalue weighted by Crippen LogP contribution is -2.13. The molecular weight excluding hydrogens is 232 g/mol. The number of hydrogen-bond acceptors (Lipinski definition) is 5. The summed E-state index contributed by atoms with van der Waals surface area (Å²) < 4.78 is 4.45. The van der Waals surface area contributed by atoms with Gasteiger partial charge < -0.3 is 20.1 Å². The monoisotopic (exact) mass is 246 g/mol. The smallest absolute Gasteiger partial charge is 0.330 e. The summed E-state index contributed by atoms with van der Waals surface area (Å²) in [6, 6.07) is 0. The highest BCUT2D eigenvalue weighted by molar-refractivity contribution is 5.89. The number of ether oxygens (including phenoxy) is 1. The van der Waals surface area contributed by atoms with Crippen LogP contribution < -0.4 is 0 Å². The van der Waals surface area contributed by atoms with Crippen molar-refractivity contribution in [3.8, 4) is 0 Å². The van der Waals surface area contributed by atoms with Crippen LogP contribution in [0, 0.1) is 0 Å². The molecule has 0 heterocycles. The van der Waals surface area contributed by atoms with E-state index in [2.05, 4.69) is 11.3 Å². The highest BCUT2D eigenvalue weighted by atomic mass is 16.5. The van der Waals surface area contributed by atoms with Gasteiger partial charge in [-0.25, -0.2) is 14.4 Å².